The van der Waals surface area contributed by atoms with Gasteiger partial charge in [-0.2, -0.15) is 21.0 Å². The van der Waals surface area contributed by atoms with E-state index in [-0.39, 0.29) is 17.1 Å². The highest BCUT2D eigenvalue weighted by atomic mass is 14.9. The smallest absolute Gasteiger partial charge is 0.227 e. The molecule has 0 unspecified atom stereocenters. The van der Waals surface area contributed by atoms with Gasteiger partial charge in [0.05, 0.1) is 12.1 Å². The third-order valence-electron chi connectivity index (χ3n) is 1.59. The molecule has 0 saturated carbocycles. The van der Waals surface area contributed by atoms with Crippen LogP contribution in [0.1, 0.15) is 23.0 Å². The lowest BCUT2D eigenvalue weighted by Gasteiger charge is -2.00. The van der Waals surface area contributed by atoms with E-state index in [9.17, 15) is 0 Å². The normalized spacial score (nSPS) is 8.33. The fourth-order valence-corrected chi connectivity index (χ4v) is 0.914. The molecule has 1 rings (SSSR count). The van der Waals surface area contributed by atoms with Crippen LogP contribution in [0.2, 0.25) is 0 Å². The summed E-state index contributed by atoms with van der Waals surface area (Å²) in [7, 11) is 0. The van der Waals surface area contributed by atoms with Crippen molar-refractivity contribution in [3.63, 3.8) is 0 Å². The maximum absolute atomic E-state index is 8.71. The van der Waals surface area contributed by atoms with Crippen LogP contribution in [0.25, 0.3) is 0 Å². The van der Waals surface area contributed by atoms with Crippen molar-refractivity contribution in [3.05, 3.63) is 23.3 Å². The van der Waals surface area contributed by atoms with Crippen LogP contribution in [-0.2, 0) is 0 Å². The molecule has 0 aliphatic rings. The Kier molecular flexibility index (Phi) is 2.92. The molecule has 0 amide bonds. The van der Waals surface area contributed by atoms with Crippen LogP contribution in [0.3, 0.4) is 0 Å². The summed E-state index contributed by atoms with van der Waals surface area (Å²) in [5.74, 6) is -1.25. The largest absolute Gasteiger partial charge is 0.233 e. The summed E-state index contributed by atoms with van der Waals surface area (Å²) in [6.07, 6.45) is 1.15. The van der Waals surface area contributed by atoms with Crippen molar-refractivity contribution in [1.82, 2.24) is 9.97 Å². The molecule has 0 aliphatic heterocycles. The third-order valence-corrected chi connectivity index (χ3v) is 1.59. The van der Waals surface area contributed by atoms with Crippen molar-refractivity contribution in [2.75, 3.05) is 0 Å². The van der Waals surface area contributed by atoms with Gasteiger partial charge in [0.25, 0.3) is 0 Å². The Morgan fingerprint density at radius 3 is 2.20 bits per heavy atom. The van der Waals surface area contributed by atoms with E-state index in [1.165, 1.54) is 0 Å². The van der Waals surface area contributed by atoms with Crippen LogP contribution in [-0.4, -0.2) is 9.97 Å². The highest BCUT2D eigenvalue weighted by Gasteiger charge is 2.16. The van der Waals surface area contributed by atoms with Crippen molar-refractivity contribution < 1.29 is 0 Å². The van der Waals surface area contributed by atoms with Gasteiger partial charge in [-0.1, -0.05) is 0 Å². The summed E-state index contributed by atoms with van der Waals surface area (Å²) in [5, 5.41) is 34.4. The van der Waals surface area contributed by atoms with E-state index in [0.29, 0.717) is 0 Å². The fraction of sp³-hybridized carbons (Fsp3) is 0.111. The SMILES string of the molecule is N#Cc1ncc(C(C#N)C#N)c(C#N)n1. The van der Waals surface area contributed by atoms with Gasteiger partial charge in [0.1, 0.15) is 12.1 Å². The Balaban J connectivity index is 3.36. The summed E-state index contributed by atoms with van der Waals surface area (Å²) in [5.41, 5.74) is 0.0103. The summed E-state index contributed by atoms with van der Waals surface area (Å²) >= 11 is 0. The number of rotatable bonds is 1. The Labute approximate surface area is 85.3 Å². The number of aromatic nitrogens is 2. The molecule has 0 radical (unpaired) electrons. The quantitative estimate of drug-likeness (QED) is 0.635. The van der Waals surface area contributed by atoms with E-state index in [2.05, 4.69) is 9.97 Å². The molecule has 0 N–H and O–H groups in total. The molecule has 1 aromatic heterocycles. The second-order valence-electron chi connectivity index (χ2n) is 2.41. The zero-order valence-corrected chi connectivity index (χ0v) is 7.34. The summed E-state index contributed by atoms with van der Waals surface area (Å²) < 4.78 is 0. The zero-order valence-electron chi connectivity index (χ0n) is 7.34. The Hall–Kier alpha value is -2.96. The molecule has 68 valence electrons. The molecule has 0 bridgehead atoms. The van der Waals surface area contributed by atoms with Crippen molar-refractivity contribution in [3.8, 4) is 24.3 Å². The lowest BCUT2D eigenvalue weighted by Crippen LogP contribution is -2.02. The first-order valence-corrected chi connectivity index (χ1v) is 3.73. The minimum absolute atomic E-state index is 0.116. The predicted molar refractivity (Wildman–Crippen MR) is 45.4 cm³/mol. The number of hydrogen-bond donors (Lipinski definition) is 0. The molecule has 6 heteroatoms. The molecule has 0 atom stereocenters. The maximum atomic E-state index is 8.71. The second kappa shape index (κ2) is 4.33. The van der Waals surface area contributed by atoms with Crippen molar-refractivity contribution >= 4 is 0 Å². The lowest BCUT2D eigenvalue weighted by molar-refractivity contribution is 0.990. The molecule has 1 heterocycles. The van der Waals surface area contributed by atoms with Crippen LogP contribution in [0.15, 0.2) is 6.20 Å². The highest BCUT2D eigenvalue weighted by molar-refractivity contribution is 5.40. The first kappa shape index (κ1) is 10.1. The minimum atomic E-state index is -1.09. The first-order valence-electron chi connectivity index (χ1n) is 3.73. The van der Waals surface area contributed by atoms with Crippen LogP contribution in [0.4, 0.5) is 0 Å². The zero-order chi connectivity index (χ0) is 11.3. The first-order chi connectivity index (χ1) is 7.26. The van der Waals surface area contributed by atoms with E-state index in [1.807, 2.05) is 0 Å². The third kappa shape index (κ3) is 1.86. The molecular weight excluding hydrogens is 192 g/mol. The summed E-state index contributed by atoms with van der Waals surface area (Å²) in [6, 6.07) is 6.79. The molecule has 1 aromatic rings. The summed E-state index contributed by atoms with van der Waals surface area (Å²) in [4.78, 5) is 7.19. The standard InChI is InChI=1S/C9H2N6/c10-1-6(2-11)7-5-14-9(4-13)15-8(7)3-12/h5-6H. The molecule has 0 aliphatic carbocycles. The van der Waals surface area contributed by atoms with Gasteiger partial charge in [-0.3, -0.25) is 0 Å². The average Bonchev–Trinajstić information content (AvgIpc) is 2.31. The van der Waals surface area contributed by atoms with Gasteiger partial charge in [-0.15, -0.1) is 0 Å². The van der Waals surface area contributed by atoms with E-state index in [0.717, 1.165) is 6.20 Å². The van der Waals surface area contributed by atoms with Crippen molar-refractivity contribution in [2.45, 2.75) is 5.92 Å². The Bertz CT molecular complexity index is 534. The number of hydrogen-bond acceptors (Lipinski definition) is 6. The van der Waals surface area contributed by atoms with E-state index in [1.54, 1.807) is 24.3 Å². The van der Waals surface area contributed by atoms with Gasteiger partial charge in [-0.05, 0) is 0 Å². The van der Waals surface area contributed by atoms with Gasteiger partial charge in [0, 0.05) is 11.8 Å². The molecule has 6 nitrogen and oxygen atoms in total. The number of nitrogens with zero attached hydrogens (tertiary/aromatic N) is 6. The monoisotopic (exact) mass is 194 g/mol. The van der Waals surface area contributed by atoms with Crippen molar-refractivity contribution in [2.24, 2.45) is 0 Å². The molecule has 0 saturated heterocycles. The van der Waals surface area contributed by atoms with Crippen molar-refractivity contribution in [1.29, 1.82) is 21.0 Å². The predicted octanol–water partition coefficient (Wildman–Crippen LogP) is 0.351. The van der Waals surface area contributed by atoms with Gasteiger partial charge in [0.2, 0.25) is 5.82 Å². The van der Waals surface area contributed by atoms with Gasteiger partial charge < -0.3 is 0 Å². The van der Waals surface area contributed by atoms with Crippen LogP contribution < -0.4 is 0 Å². The fourth-order valence-electron chi connectivity index (χ4n) is 0.914. The summed E-state index contributed by atoms with van der Waals surface area (Å²) in [6.45, 7) is 0. The Morgan fingerprint density at radius 2 is 1.73 bits per heavy atom. The molecular formula is C9H2N6. The van der Waals surface area contributed by atoms with Crippen LogP contribution in [0.5, 0.6) is 0 Å². The van der Waals surface area contributed by atoms with E-state index < -0.39 is 5.92 Å². The Morgan fingerprint density at radius 1 is 1.07 bits per heavy atom. The number of nitriles is 4. The molecule has 15 heavy (non-hydrogen) atoms. The van der Waals surface area contributed by atoms with Crippen LogP contribution in [0, 0.1) is 45.3 Å². The van der Waals surface area contributed by atoms with Crippen LogP contribution >= 0.6 is 0 Å². The molecule has 0 aromatic carbocycles. The van der Waals surface area contributed by atoms with Gasteiger partial charge >= 0.3 is 0 Å². The average molecular weight is 194 g/mol. The highest BCUT2D eigenvalue weighted by Crippen LogP contribution is 2.15. The lowest BCUT2D eigenvalue weighted by atomic mass is 10.0. The van der Waals surface area contributed by atoms with E-state index >= 15 is 0 Å². The van der Waals surface area contributed by atoms with E-state index in [4.69, 9.17) is 21.0 Å². The molecule has 0 spiro atoms. The van der Waals surface area contributed by atoms with Gasteiger partial charge in [-0.25, -0.2) is 9.97 Å². The second-order valence-corrected chi connectivity index (χ2v) is 2.41. The van der Waals surface area contributed by atoms with Gasteiger partial charge in [0.15, 0.2) is 11.6 Å². The topological polar surface area (TPSA) is 121 Å². The molecule has 0 fully saturated rings. The maximum Gasteiger partial charge on any atom is 0.233 e. The minimum Gasteiger partial charge on any atom is -0.227 e.